The molecule has 0 N–H and O–H groups in total. The van der Waals surface area contributed by atoms with Gasteiger partial charge in [-0.1, -0.05) is 32.6 Å². The molecule has 0 spiro atoms. The average molecular weight is 188 g/mol. The summed E-state index contributed by atoms with van der Waals surface area (Å²) in [6.45, 7) is 9.89. The molecule has 0 atom stereocenters. The van der Waals surface area contributed by atoms with Crippen LogP contribution < -0.4 is 0 Å². The molecule has 0 aliphatic heterocycles. The molecule has 0 aromatic carbocycles. The molecule has 0 aliphatic rings. The monoisotopic (exact) mass is 188 g/mol. The van der Waals surface area contributed by atoms with Gasteiger partial charge in [0.15, 0.2) is 0 Å². The van der Waals surface area contributed by atoms with Crippen molar-refractivity contribution in [3.8, 4) is 0 Å². The van der Waals surface area contributed by atoms with Crippen molar-refractivity contribution < 1.29 is 0 Å². The van der Waals surface area contributed by atoms with E-state index in [2.05, 4.69) is 30.4 Å². The number of hydrogen-bond donors (Lipinski definition) is 0. The second-order valence-corrected chi connectivity index (χ2v) is 3.43. The minimum atomic E-state index is 0.355. The number of hydrogen-bond acceptors (Lipinski definition) is 2. The molecule has 0 saturated carbocycles. The third-order valence-corrected chi connectivity index (χ3v) is 1.92. The topological polar surface area (TPSA) is 25.8 Å². The van der Waals surface area contributed by atoms with Crippen LogP contribution in [0.25, 0.3) is 12.2 Å². The number of rotatable bonds is 3. The Kier molecular flexibility index (Phi) is 3.57. The maximum Gasteiger partial charge on any atom is 0.131 e. The van der Waals surface area contributed by atoms with E-state index in [0.717, 1.165) is 17.1 Å². The van der Waals surface area contributed by atoms with Gasteiger partial charge in [0.2, 0.25) is 0 Å². The molecular formula is C12H16N2. The van der Waals surface area contributed by atoms with Gasteiger partial charge in [-0.05, 0) is 13.0 Å². The molecule has 0 aliphatic carbocycles. The summed E-state index contributed by atoms with van der Waals surface area (Å²) in [5.41, 5.74) is 1.92. The van der Waals surface area contributed by atoms with Crippen LogP contribution in [0.4, 0.5) is 0 Å². The maximum atomic E-state index is 4.43. The van der Waals surface area contributed by atoms with E-state index in [0.29, 0.717) is 5.92 Å². The number of nitrogens with zero attached hydrogens (tertiary/aromatic N) is 2. The predicted octanol–water partition coefficient (Wildman–Crippen LogP) is 3.28. The highest BCUT2D eigenvalue weighted by Crippen LogP contribution is 2.14. The molecule has 0 bridgehead atoms. The van der Waals surface area contributed by atoms with Crippen molar-refractivity contribution in [3.05, 3.63) is 35.9 Å². The van der Waals surface area contributed by atoms with Crippen LogP contribution in [0.3, 0.4) is 0 Å². The smallest absolute Gasteiger partial charge is 0.131 e. The Morgan fingerprint density at radius 2 is 2.14 bits per heavy atom. The zero-order valence-corrected chi connectivity index (χ0v) is 8.99. The zero-order chi connectivity index (χ0) is 10.6. The first-order chi connectivity index (χ1) is 6.69. The fourth-order valence-electron chi connectivity index (χ4n) is 1.17. The van der Waals surface area contributed by atoms with Crippen molar-refractivity contribution in [2.45, 2.75) is 26.7 Å². The first-order valence-electron chi connectivity index (χ1n) is 4.81. The number of aromatic nitrogens is 2. The van der Waals surface area contributed by atoms with E-state index in [4.69, 9.17) is 0 Å². The second-order valence-electron chi connectivity index (χ2n) is 3.43. The second kappa shape index (κ2) is 4.70. The van der Waals surface area contributed by atoms with E-state index < -0.39 is 0 Å². The Morgan fingerprint density at radius 1 is 1.43 bits per heavy atom. The summed E-state index contributed by atoms with van der Waals surface area (Å²) in [6, 6.07) is 0. The highest BCUT2D eigenvalue weighted by molar-refractivity contribution is 5.60. The summed E-state index contributed by atoms with van der Waals surface area (Å²) in [4.78, 5) is 8.72. The molecule has 0 saturated heterocycles. The van der Waals surface area contributed by atoms with E-state index in [1.54, 1.807) is 6.08 Å². The van der Waals surface area contributed by atoms with Gasteiger partial charge >= 0.3 is 0 Å². The third kappa shape index (κ3) is 2.28. The van der Waals surface area contributed by atoms with Gasteiger partial charge in [0.05, 0.1) is 5.69 Å². The SMILES string of the molecule is C=Cc1nc(C(C)C)ncc1/C=C\C. The van der Waals surface area contributed by atoms with Crippen molar-refractivity contribution in [2.75, 3.05) is 0 Å². The van der Waals surface area contributed by atoms with Crippen molar-refractivity contribution in [3.63, 3.8) is 0 Å². The van der Waals surface area contributed by atoms with Gasteiger partial charge in [-0.3, -0.25) is 0 Å². The average Bonchev–Trinajstić information content (AvgIpc) is 2.18. The van der Waals surface area contributed by atoms with E-state index in [9.17, 15) is 0 Å². The van der Waals surface area contributed by atoms with Gasteiger partial charge in [0.25, 0.3) is 0 Å². The van der Waals surface area contributed by atoms with Crippen molar-refractivity contribution in [1.82, 2.24) is 9.97 Å². The largest absolute Gasteiger partial charge is 0.240 e. The zero-order valence-electron chi connectivity index (χ0n) is 8.99. The van der Waals surface area contributed by atoms with Crippen LogP contribution in [0, 0.1) is 0 Å². The standard InChI is InChI=1S/C12H16N2/c1-5-7-10-8-13-12(9(3)4)14-11(10)6-2/h5-9H,2H2,1,3-4H3/b7-5-. The Morgan fingerprint density at radius 3 is 2.64 bits per heavy atom. The molecule has 1 rings (SSSR count). The summed E-state index contributed by atoms with van der Waals surface area (Å²) in [6.07, 6.45) is 7.57. The lowest BCUT2D eigenvalue weighted by Crippen LogP contribution is -2.00. The normalized spacial score (nSPS) is 11.1. The van der Waals surface area contributed by atoms with E-state index in [-0.39, 0.29) is 0 Å². The Bertz CT molecular complexity index is 351. The van der Waals surface area contributed by atoms with Crippen LogP contribution in [0.2, 0.25) is 0 Å². The molecule has 1 heterocycles. The summed E-state index contributed by atoms with van der Waals surface area (Å²) in [7, 11) is 0. The molecule has 1 aromatic rings. The van der Waals surface area contributed by atoms with Crippen molar-refractivity contribution in [1.29, 1.82) is 0 Å². The van der Waals surface area contributed by atoms with Crippen LogP contribution in [0.5, 0.6) is 0 Å². The maximum absolute atomic E-state index is 4.43. The van der Waals surface area contributed by atoms with Crippen LogP contribution in [0.15, 0.2) is 18.9 Å². The lowest BCUT2D eigenvalue weighted by molar-refractivity contribution is 0.771. The van der Waals surface area contributed by atoms with Gasteiger partial charge in [-0.15, -0.1) is 0 Å². The molecule has 0 amide bonds. The summed E-state index contributed by atoms with van der Waals surface area (Å²) in [5.74, 6) is 1.22. The minimum absolute atomic E-state index is 0.355. The first-order valence-corrected chi connectivity index (χ1v) is 4.81. The molecule has 14 heavy (non-hydrogen) atoms. The highest BCUT2D eigenvalue weighted by atomic mass is 14.9. The first kappa shape index (κ1) is 10.6. The lowest BCUT2D eigenvalue weighted by atomic mass is 10.1. The molecule has 2 heteroatoms. The highest BCUT2D eigenvalue weighted by Gasteiger charge is 2.05. The molecular weight excluding hydrogens is 172 g/mol. The summed E-state index contributed by atoms with van der Waals surface area (Å²) < 4.78 is 0. The Labute approximate surface area is 85.4 Å². The van der Waals surface area contributed by atoms with E-state index in [1.165, 1.54) is 0 Å². The Hall–Kier alpha value is -1.44. The van der Waals surface area contributed by atoms with Crippen LogP contribution in [0.1, 0.15) is 43.8 Å². The van der Waals surface area contributed by atoms with Crippen LogP contribution >= 0.6 is 0 Å². The van der Waals surface area contributed by atoms with Crippen molar-refractivity contribution in [2.24, 2.45) is 0 Å². The third-order valence-electron chi connectivity index (χ3n) is 1.92. The fraction of sp³-hybridized carbons (Fsp3) is 0.333. The van der Waals surface area contributed by atoms with Gasteiger partial charge in [0, 0.05) is 17.7 Å². The molecule has 0 fully saturated rings. The predicted molar refractivity (Wildman–Crippen MR) is 60.9 cm³/mol. The summed E-state index contributed by atoms with van der Waals surface area (Å²) in [5, 5.41) is 0. The minimum Gasteiger partial charge on any atom is -0.240 e. The van der Waals surface area contributed by atoms with Gasteiger partial charge in [-0.2, -0.15) is 0 Å². The van der Waals surface area contributed by atoms with Gasteiger partial charge in [-0.25, -0.2) is 9.97 Å². The van der Waals surface area contributed by atoms with Gasteiger partial charge in [0.1, 0.15) is 5.82 Å². The van der Waals surface area contributed by atoms with Gasteiger partial charge < -0.3 is 0 Å². The fourth-order valence-corrected chi connectivity index (χ4v) is 1.17. The Balaban J connectivity index is 3.17. The van der Waals surface area contributed by atoms with Crippen LogP contribution in [-0.2, 0) is 0 Å². The lowest BCUT2D eigenvalue weighted by Gasteiger charge is -2.06. The molecule has 74 valence electrons. The van der Waals surface area contributed by atoms with E-state index in [1.807, 2.05) is 25.3 Å². The van der Waals surface area contributed by atoms with E-state index >= 15 is 0 Å². The van der Waals surface area contributed by atoms with Crippen molar-refractivity contribution >= 4 is 12.2 Å². The quantitative estimate of drug-likeness (QED) is 0.727. The molecule has 2 nitrogen and oxygen atoms in total. The molecule has 0 unspecified atom stereocenters. The molecule has 1 aromatic heterocycles. The summed E-state index contributed by atoms with van der Waals surface area (Å²) >= 11 is 0. The van der Waals surface area contributed by atoms with Crippen LogP contribution in [-0.4, -0.2) is 9.97 Å². The number of allylic oxidation sites excluding steroid dienone is 1. The molecule has 0 radical (unpaired) electrons.